The third kappa shape index (κ3) is 3.67. The Morgan fingerprint density at radius 1 is 1.43 bits per heavy atom. The smallest absolute Gasteiger partial charge is 0.0916 e. The van der Waals surface area contributed by atoms with Crippen LogP contribution in [0.15, 0.2) is 0 Å². The van der Waals surface area contributed by atoms with Gasteiger partial charge in [-0.2, -0.15) is 0 Å². The second-order valence-corrected chi connectivity index (χ2v) is 5.76. The van der Waals surface area contributed by atoms with E-state index in [4.69, 9.17) is 9.88 Å². The van der Waals surface area contributed by atoms with Gasteiger partial charge in [0.25, 0.3) is 0 Å². The van der Waals surface area contributed by atoms with E-state index >= 15 is 0 Å². The Morgan fingerprint density at radius 3 is 2.50 bits per heavy atom. The molecule has 14 heavy (non-hydrogen) atoms. The van der Waals surface area contributed by atoms with E-state index in [1.807, 2.05) is 6.92 Å². The average molecular weight is 219 g/mol. The normalized spacial score (nSPS) is 25.6. The molecule has 1 fully saturated rings. The zero-order valence-electron chi connectivity index (χ0n) is 9.07. The van der Waals surface area contributed by atoms with Crippen molar-refractivity contribution in [2.45, 2.75) is 38.4 Å². The predicted molar refractivity (Wildman–Crippen MR) is 59.1 cm³/mol. The molecule has 2 N–H and O–H groups in total. The van der Waals surface area contributed by atoms with Crippen LogP contribution in [0, 0.1) is 11.8 Å². The van der Waals surface area contributed by atoms with Crippen LogP contribution in [0.1, 0.15) is 33.1 Å². The first kappa shape index (κ1) is 12.1. The van der Waals surface area contributed by atoms with Crippen LogP contribution in [-0.2, 0) is 15.7 Å². The van der Waals surface area contributed by atoms with Crippen LogP contribution in [0.3, 0.4) is 0 Å². The molecule has 1 heterocycles. The van der Waals surface area contributed by atoms with Gasteiger partial charge in [0.05, 0.1) is 11.0 Å². The van der Waals surface area contributed by atoms with Crippen molar-refractivity contribution in [3.63, 3.8) is 0 Å². The maximum Gasteiger partial charge on any atom is 0.0916 e. The van der Waals surface area contributed by atoms with Crippen LogP contribution in [0.5, 0.6) is 0 Å². The molecule has 1 rings (SSSR count). The quantitative estimate of drug-likeness (QED) is 0.778. The van der Waals surface area contributed by atoms with E-state index in [0.717, 1.165) is 38.4 Å². The maximum atomic E-state index is 11.0. The van der Waals surface area contributed by atoms with E-state index in [9.17, 15) is 4.21 Å². The number of nitrogens with two attached hydrogens (primary N) is 1. The second-order valence-electron chi connectivity index (χ2n) is 4.30. The van der Waals surface area contributed by atoms with E-state index in [-0.39, 0.29) is 5.25 Å². The van der Waals surface area contributed by atoms with Gasteiger partial charge in [0.1, 0.15) is 0 Å². The van der Waals surface area contributed by atoms with E-state index < -0.39 is 11.0 Å². The second kappa shape index (κ2) is 5.83. The topological polar surface area (TPSA) is 52.3 Å². The summed E-state index contributed by atoms with van der Waals surface area (Å²) in [5, 5.41) is 5.48. The fraction of sp³-hybridized carbons (Fsp3) is 1.00. The molecule has 3 nitrogen and oxygen atoms in total. The van der Waals surface area contributed by atoms with Gasteiger partial charge >= 0.3 is 0 Å². The summed E-state index contributed by atoms with van der Waals surface area (Å²) < 4.78 is 16.3. The number of ether oxygens (including phenoxy) is 1. The molecule has 1 aliphatic rings. The zero-order valence-corrected chi connectivity index (χ0v) is 9.89. The van der Waals surface area contributed by atoms with Gasteiger partial charge in [-0.3, -0.25) is 5.14 Å². The summed E-state index contributed by atoms with van der Waals surface area (Å²) in [6, 6.07) is 0. The third-order valence-corrected chi connectivity index (χ3v) is 4.16. The first-order valence-corrected chi connectivity index (χ1v) is 6.61. The fourth-order valence-corrected chi connectivity index (χ4v) is 2.59. The molecule has 0 amide bonds. The summed E-state index contributed by atoms with van der Waals surface area (Å²) in [5.41, 5.74) is 0. The molecule has 0 bridgehead atoms. The van der Waals surface area contributed by atoms with Crippen LogP contribution in [0.2, 0.25) is 0 Å². The lowest BCUT2D eigenvalue weighted by Crippen LogP contribution is -2.27. The molecule has 0 aromatic carbocycles. The van der Waals surface area contributed by atoms with Crippen molar-refractivity contribution in [1.82, 2.24) is 0 Å². The van der Waals surface area contributed by atoms with Gasteiger partial charge in [-0.15, -0.1) is 0 Å². The third-order valence-electron chi connectivity index (χ3n) is 3.17. The monoisotopic (exact) mass is 219 g/mol. The summed E-state index contributed by atoms with van der Waals surface area (Å²) in [7, 11) is -1.17. The van der Waals surface area contributed by atoms with Crippen molar-refractivity contribution in [3.05, 3.63) is 0 Å². The first-order valence-electron chi connectivity index (χ1n) is 5.34. The Morgan fingerprint density at radius 2 is 2.00 bits per heavy atom. The first-order chi connectivity index (χ1) is 6.61. The lowest BCUT2D eigenvalue weighted by atomic mass is 9.84. The summed E-state index contributed by atoms with van der Waals surface area (Å²) >= 11 is 0. The number of rotatable bonds is 4. The van der Waals surface area contributed by atoms with Crippen molar-refractivity contribution in [3.8, 4) is 0 Å². The van der Waals surface area contributed by atoms with Gasteiger partial charge in [-0.1, -0.05) is 6.92 Å². The van der Waals surface area contributed by atoms with Crippen LogP contribution in [0.25, 0.3) is 0 Å². The zero-order chi connectivity index (χ0) is 10.6. The molecule has 4 heteroatoms. The molecule has 3 atom stereocenters. The standard InChI is InChI=1S/C10H21NO2S/c1-8(7-9(2)14(11)12)10-3-5-13-6-4-10/h8-10H,3-7,11H2,1-2H3. The summed E-state index contributed by atoms with van der Waals surface area (Å²) in [4.78, 5) is 0. The van der Waals surface area contributed by atoms with Gasteiger partial charge in [0, 0.05) is 18.5 Å². The molecule has 3 unspecified atom stereocenters. The highest BCUT2D eigenvalue weighted by atomic mass is 32.2. The molecular formula is C10H21NO2S. The number of hydrogen-bond acceptors (Lipinski definition) is 2. The highest BCUT2D eigenvalue weighted by Gasteiger charge is 2.23. The van der Waals surface area contributed by atoms with Gasteiger partial charge < -0.3 is 4.74 Å². The summed E-state index contributed by atoms with van der Waals surface area (Å²) in [6.07, 6.45) is 3.25. The van der Waals surface area contributed by atoms with E-state index in [2.05, 4.69) is 6.92 Å². The van der Waals surface area contributed by atoms with Crippen molar-refractivity contribution < 1.29 is 8.95 Å². The molecule has 0 aromatic heterocycles. The predicted octanol–water partition coefficient (Wildman–Crippen LogP) is 1.45. The largest absolute Gasteiger partial charge is 0.381 e. The minimum absolute atomic E-state index is 0.118. The summed E-state index contributed by atoms with van der Waals surface area (Å²) in [6.45, 7) is 5.97. The molecule has 0 saturated carbocycles. The van der Waals surface area contributed by atoms with Crippen molar-refractivity contribution in [2.24, 2.45) is 17.0 Å². The fourth-order valence-electron chi connectivity index (χ4n) is 2.10. The SMILES string of the molecule is CC(CC(C)S(N)=O)C1CCOCC1. The van der Waals surface area contributed by atoms with Crippen molar-refractivity contribution in [2.75, 3.05) is 13.2 Å². The Balaban J connectivity index is 2.32. The Kier molecular flexibility index (Phi) is 5.06. The van der Waals surface area contributed by atoms with Crippen LogP contribution in [-0.4, -0.2) is 22.7 Å². The molecule has 1 saturated heterocycles. The van der Waals surface area contributed by atoms with E-state index in [0.29, 0.717) is 5.92 Å². The van der Waals surface area contributed by atoms with Crippen molar-refractivity contribution in [1.29, 1.82) is 0 Å². The van der Waals surface area contributed by atoms with Crippen LogP contribution in [0.4, 0.5) is 0 Å². The maximum absolute atomic E-state index is 11.0. The highest BCUT2D eigenvalue weighted by Crippen LogP contribution is 2.27. The Bertz CT molecular complexity index is 193. The Labute approximate surface area is 89.0 Å². The average Bonchev–Trinajstić information content (AvgIpc) is 2.19. The minimum Gasteiger partial charge on any atom is -0.381 e. The molecule has 0 aliphatic carbocycles. The van der Waals surface area contributed by atoms with Crippen LogP contribution < -0.4 is 5.14 Å². The van der Waals surface area contributed by atoms with Gasteiger partial charge in [-0.25, -0.2) is 4.21 Å². The van der Waals surface area contributed by atoms with Gasteiger partial charge in [-0.05, 0) is 38.0 Å². The lowest BCUT2D eigenvalue weighted by molar-refractivity contribution is 0.0482. The Hall–Kier alpha value is 0.0700. The molecule has 0 aromatic rings. The highest BCUT2D eigenvalue weighted by molar-refractivity contribution is 7.83. The van der Waals surface area contributed by atoms with E-state index in [1.165, 1.54) is 0 Å². The van der Waals surface area contributed by atoms with Crippen molar-refractivity contribution >= 4 is 11.0 Å². The van der Waals surface area contributed by atoms with Gasteiger partial charge in [0.15, 0.2) is 0 Å². The lowest BCUT2D eigenvalue weighted by Gasteiger charge is -2.28. The molecular weight excluding hydrogens is 198 g/mol. The van der Waals surface area contributed by atoms with E-state index in [1.54, 1.807) is 0 Å². The molecule has 0 radical (unpaired) electrons. The molecule has 84 valence electrons. The number of hydrogen-bond donors (Lipinski definition) is 1. The summed E-state index contributed by atoms with van der Waals surface area (Å²) in [5.74, 6) is 1.34. The van der Waals surface area contributed by atoms with Crippen LogP contribution >= 0.6 is 0 Å². The minimum atomic E-state index is -1.17. The molecule has 1 aliphatic heterocycles. The van der Waals surface area contributed by atoms with Gasteiger partial charge in [0.2, 0.25) is 0 Å². The molecule has 0 spiro atoms.